The van der Waals surface area contributed by atoms with E-state index >= 15 is 0 Å². The van der Waals surface area contributed by atoms with Gasteiger partial charge in [0, 0.05) is 6.54 Å². The van der Waals surface area contributed by atoms with Crippen molar-refractivity contribution < 1.29 is 19.1 Å². The average Bonchev–Trinajstić information content (AvgIpc) is 2.68. The second-order valence-corrected chi connectivity index (χ2v) is 5.93. The predicted molar refractivity (Wildman–Crippen MR) is 100 cm³/mol. The summed E-state index contributed by atoms with van der Waals surface area (Å²) in [4.78, 5) is 24.1. The molecule has 0 aliphatic heterocycles. The lowest BCUT2D eigenvalue weighted by Gasteiger charge is -2.14. The van der Waals surface area contributed by atoms with Crippen LogP contribution in [-0.2, 0) is 20.7 Å². The molecule has 5 heteroatoms. The summed E-state index contributed by atoms with van der Waals surface area (Å²) in [6.07, 6.45) is 1.33. The Morgan fingerprint density at radius 2 is 1.73 bits per heavy atom. The first-order valence-corrected chi connectivity index (χ1v) is 8.75. The number of hydrogen-bond donors (Lipinski definition) is 1. The number of nitrogens with one attached hydrogen (secondary N) is 1. The Kier molecular flexibility index (Phi) is 7.68. The number of ether oxygens (including phenoxy) is 2. The fourth-order valence-corrected chi connectivity index (χ4v) is 2.65. The van der Waals surface area contributed by atoms with Gasteiger partial charge >= 0.3 is 5.97 Å². The van der Waals surface area contributed by atoms with Crippen LogP contribution in [0.1, 0.15) is 30.4 Å². The van der Waals surface area contributed by atoms with Gasteiger partial charge in [0.1, 0.15) is 5.75 Å². The topological polar surface area (TPSA) is 64.6 Å². The van der Waals surface area contributed by atoms with E-state index in [9.17, 15) is 9.59 Å². The minimum Gasteiger partial charge on any atom is -0.497 e. The first kappa shape index (κ1) is 19.5. The Morgan fingerprint density at radius 3 is 2.35 bits per heavy atom. The summed E-state index contributed by atoms with van der Waals surface area (Å²) in [5.74, 6) is -0.212. The van der Waals surface area contributed by atoms with Gasteiger partial charge < -0.3 is 14.8 Å². The SMILES string of the molecule is CC[C@@H](C(=O)OCC(=O)NCCc1ccc(OC)cc1)c1ccccc1. The van der Waals surface area contributed by atoms with Crippen molar-refractivity contribution in [2.24, 2.45) is 0 Å². The van der Waals surface area contributed by atoms with Crippen molar-refractivity contribution in [1.29, 1.82) is 0 Å². The Labute approximate surface area is 154 Å². The third kappa shape index (κ3) is 5.92. The van der Waals surface area contributed by atoms with Crippen LogP contribution in [0.25, 0.3) is 0 Å². The molecule has 1 atom stereocenters. The lowest BCUT2D eigenvalue weighted by molar-refractivity contribution is -0.150. The summed E-state index contributed by atoms with van der Waals surface area (Å²) in [6, 6.07) is 17.1. The molecule has 0 unspecified atom stereocenters. The molecule has 0 heterocycles. The van der Waals surface area contributed by atoms with E-state index in [1.54, 1.807) is 7.11 Å². The van der Waals surface area contributed by atoms with Gasteiger partial charge in [-0.3, -0.25) is 9.59 Å². The van der Waals surface area contributed by atoms with E-state index in [4.69, 9.17) is 9.47 Å². The smallest absolute Gasteiger partial charge is 0.313 e. The molecule has 0 fully saturated rings. The average molecular weight is 355 g/mol. The van der Waals surface area contributed by atoms with Crippen LogP contribution in [0.5, 0.6) is 5.75 Å². The minimum atomic E-state index is -0.371. The highest BCUT2D eigenvalue weighted by Gasteiger charge is 2.20. The highest BCUT2D eigenvalue weighted by molar-refractivity contribution is 5.83. The van der Waals surface area contributed by atoms with Crippen molar-refractivity contribution in [2.45, 2.75) is 25.7 Å². The van der Waals surface area contributed by atoms with E-state index in [0.717, 1.165) is 16.9 Å². The molecule has 1 N–H and O–H groups in total. The van der Waals surface area contributed by atoms with Crippen molar-refractivity contribution in [2.75, 3.05) is 20.3 Å². The van der Waals surface area contributed by atoms with Gasteiger partial charge in [-0.1, -0.05) is 49.4 Å². The predicted octanol–water partition coefficient (Wildman–Crippen LogP) is 3.09. The highest BCUT2D eigenvalue weighted by Crippen LogP contribution is 2.20. The molecule has 0 saturated heterocycles. The van der Waals surface area contributed by atoms with Crippen molar-refractivity contribution in [1.82, 2.24) is 5.32 Å². The van der Waals surface area contributed by atoms with Gasteiger partial charge in [-0.15, -0.1) is 0 Å². The number of benzene rings is 2. The summed E-state index contributed by atoms with van der Waals surface area (Å²) >= 11 is 0. The summed E-state index contributed by atoms with van der Waals surface area (Å²) in [6.45, 7) is 2.15. The molecule has 2 aromatic carbocycles. The molecule has 0 spiro atoms. The second-order valence-electron chi connectivity index (χ2n) is 5.93. The third-order valence-corrected chi connectivity index (χ3v) is 4.14. The van der Waals surface area contributed by atoms with Crippen LogP contribution in [0.3, 0.4) is 0 Å². The van der Waals surface area contributed by atoms with E-state index in [1.807, 2.05) is 61.5 Å². The summed E-state index contributed by atoms with van der Waals surface area (Å²) in [5.41, 5.74) is 2.00. The van der Waals surface area contributed by atoms with Crippen LogP contribution in [0.15, 0.2) is 54.6 Å². The Balaban J connectivity index is 1.72. The molecule has 0 bridgehead atoms. The van der Waals surface area contributed by atoms with Crippen LogP contribution < -0.4 is 10.1 Å². The number of rotatable bonds is 9. The molecule has 0 aliphatic rings. The van der Waals surface area contributed by atoms with Crippen LogP contribution in [0.2, 0.25) is 0 Å². The summed E-state index contributed by atoms with van der Waals surface area (Å²) < 4.78 is 10.3. The van der Waals surface area contributed by atoms with Crippen LogP contribution in [0.4, 0.5) is 0 Å². The van der Waals surface area contributed by atoms with Crippen molar-refractivity contribution in [3.8, 4) is 5.75 Å². The van der Waals surface area contributed by atoms with Gasteiger partial charge in [-0.05, 0) is 36.1 Å². The largest absolute Gasteiger partial charge is 0.497 e. The Morgan fingerprint density at radius 1 is 1.04 bits per heavy atom. The maximum atomic E-state index is 12.2. The Hall–Kier alpha value is -2.82. The molecule has 0 radical (unpaired) electrons. The molecule has 0 saturated carbocycles. The number of hydrogen-bond acceptors (Lipinski definition) is 4. The first-order chi connectivity index (χ1) is 12.6. The highest BCUT2D eigenvalue weighted by atomic mass is 16.5. The van der Waals surface area contributed by atoms with Crippen LogP contribution >= 0.6 is 0 Å². The number of carbonyl (C=O) groups is 2. The molecular weight excluding hydrogens is 330 g/mol. The van der Waals surface area contributed by atoms with Gasteiger partial charge in [0.15, 0.2) is 6.61 Å². The van der Waals surface area contributed by atoms with Gasteiger partial charge in [0.2, 0.25) is 0 Å². The summed E-state index contributed by atoms with van der Waals surface area (Å²) in [5, 5.41) is 2.76. The molecule has 26 heavy (non-hydrogen) atoms. The molecular formula is C21H25NO4. The van der Waals surface area contributed by atoms with E-state index in [0.29, 0.717) is 19.4 Å². The van der Waals surface area contributed by atoms with E-state index in [-0.39, 0.29) is 24.4 Å². The number of methoxy groups -OCH3 is 1. The second kappa shape index (κ2) is 10.2. The fraction of sp³-hybridized carbons (Fsp3) is 0.333. The zero-order chi connectivity index (χ0) is 18.8. The third-order valence-electron chi connectivity index (χ3n) is 4.14. The molecule has 0 aromatic heterocycles. The van der Waals surface area contributed by atoms with Gasteiger partial charge in [0.25, 0.3) is 5.91 Å². The molecule has 0 aliphatic carbocycles. The van der Waals surface area contributed by atoms with Crippen molar-refractivity contribution in [3.05, 3.63) is 65.7 Å². The molecule has 1 amide bonds. The van der Waals surface area contributed by atoms with E-state index < -0.39 is 0 Å². The molecule has 2 rings (SSSR count). The number of carbonyl (C=O) groups excluding carboxylic acids is 2. The maximum Gasteiger partial charge on any atom is 0.313 e. The van der Waals surface area contributed by atoms with Crippen LogP contribution in [-0.4, -0.2) is 32.1 Å². The molecule has 138 valence electrons. The zero-order valence-corrected chi connectivity index (χ0v) is 15.2. The lowest BCUT2D eigenvalue weighted by atomic mass is 9.97. The fourth-order valence-electron chi connectivity index (χ4n) is 2.65. The Bertz CT molecular complexity index is 698. The van der Waals surface area contributed by atoms with Crippen molar-refractivity contribution in [3.63, 3.8) is 0 Å². The molecule has 2 aromatic rings. The van der Waals surface area contributed by atoms with E-state index in [2.05, 4.69) is 5.32 Å². The summed E-state index contributed by atoms with van der Waals surface area (Å²) in [7, 11) is 1.62. The lowest BCUT2D eigenvalue weighted by Crippen LogP contribution is -2.31. The zero-order valence-electron chi connectivity index (χ0n) is 15.2. The minimum absolute atomic E-state index is 0.259. The maximum absolute atomic E-state index is 12.2. The number of esters is 1. The van der Waals surface area contributed by atoms with Gasteiger partial charge in [-0.2, -0.15) is 0 Å². The number of amides is 1. The van der Waals surface area contributed by atoms with Gasteiger partial charge in [-0.25, -0.2) is 0 Å². The van der Waals surface area contributed by atoms with Gasteiger partial charge in [0.05, 0.1) is 13.0 Å². The molecule has 5 nitrogen and oxygen atoms in total. The van der Waals surface area contributed by atoms with Crippen LogP contribution in [0, 0.1) is 0 Å². The first-order valence-electron chi connectivity index (χ1n) is 8.75. The van der Waals surface area contributed by atoms with Crippen molar-refractivity contribution >= 4 is 11.9 Å². The normalized spacial score (nSPS) is 11.5. The van der Waals surface area contributed by atoms with E-state index in [1.165, 1.54) is 0 Å². The standard InChI is InChI=1S/C21H25NO4/c1-3-19(17-7-5-4-6-8-17)21(24)26-15-20(23)22-14-13-16-9-11-18(25-2)12-10-16/h4-12,19H,3,13-15H2,1-2H3,(H,22,23)/t19-/m1/s1. The quantitative estimate of drug-likeness (QED) is 0.702. The monoisotopic (exact) mass is 355 g/mol.